The number of benzene rings is 1. The highest BCUT2D eigenvalue weighted by atomic mass is 16.5. The van der Waals surface area contributed by atoms with Gasteiger partial charge in [0.05, 0.1) is 19.6 Å². The van der Waals surface area contributed by atoms with E-state index in [4.69, 9.17) is 10.5 Å². The Morgan fingerprint density at radius 2 is 2.06 bits per heavy atom. The average Bonchev–Trinajstić information content (AvgIpc) is 2.29. The third-order valence-electron chi connectivity index (χ3n) is 2.38. The summed E-state index contributed by atoms with van der Waals surface area (Å²) in [4.78, 5) is 21.7. The Morgan fingerprint density at radius 3 is 2.67 bits per heavy atom. The van der Waals surface area contributed by atoms with Crippen LogP contribution in [0.5, 0.6) is 5.75 Å². The second kappa shape index (κ2) is 6.64. The van der Waals surface area contributed by atoms with Crippen LogP contribution in [-0.4, -0.2) is 25.0 Å². The molecular weight excluding hydrogens is 232 g/mol. The summed E-state index contributed by atoms with van der Waals surface area (Å²) in [5.41, 5.74) is 7.11. The van der Waals surface area contributed by atoms with Gasteiger partial charge in [0.15, 0.2) is 0 Å². The molecule has 2 amide bonds. The fourth-order valence-electron chi connectivity index (χ4n) is 1.49. The molecular formula is C13H18N2O3. The van der Waals surface area contributed by atoms with E-state index in [1.54, 1.807) is 0 Å². The van der Waals surface area contributed by atoms with Gasteiger partial charge in [-0.25, -0.2) is 0 Å². The standard InChI is InChI=1S/C13H18N2O3/c1-9-3-4-11(10(2)7-9)18-6-5-13(17)15-8-12(14)16/h3-4,7H,5-6,8H2,1-2H3,(H2,14,16)(H,15,17). The molecule has 0 bridgehead atoms. The van der Waals surface area contributed by atoms with E-state index in [0.29, 0.717) is 0 Å². The van der Waals surface area contributed by atoms with E-state index in [0.717, 1.165) is 11.3 Å². The first-order chi connectivity index (χ1) is 8.49. The maximum absolute atomic E-state index is 11.3. The first kappa shape index (κ1) is 14.0. The van der Waals surface area contributed by atoms with E-state index in [2.05, 4.69) is 5.32 Å². The summed E-state index contributed by atoms with van der Waals surface area (Å²) in [5, 5.41) is 2.40. The lowest BCUT2D eigenvalue weighted by Gasteiger charge is -2.09. The topological polar surface area (TPSA) is 81.4 Å². The molecule has 5 heteroatoms. The van der Waals surface area contributed by atoms with Gasteiger partial charge in [-0.05, 0) is 25.5 Å². The van der Waals surface area contributed by atoms with Crippen LogP contribution < -0.4 is 15.8 Å². The Bertz CT molecular complexity index is 444. The molecule has 0 aromatic heterocycles. The van der Waals surface area contributed by atoms with Crippen molar-refractivity contribution in [3.8, 4) is 5.75 Å². The van der Waals surface area contributed by atoms with E-state index in [1.165, 1.54) is 5.56 Å². The molecule has 98 valence electrons. The number of carbonyl (C=O) groups is 2. The Labute approximate surface area is 106 Å². The number of nitrogens with two attached hydrogens (primary N) is 1. The van der Waals surface area contributed by atoms with Gasteiger partial charge in [-0.15, -0.1) is 0 Å². The van der Waals surface area contributed by atoms with E-state index in [9.17, 15) is 9.59 Å². The molecule has 0 aliphatic carbocycles. The number of amides is 2. The highest BCUT2D eigenvalue weighted by molar-refractivity contribution is 5.83. The van der Waals surface area contributed by atoms with Crippen molar-refractivity contribution < 1.29 is 14.3 Å². The van der Waals surface area contributed by atoms with Crippen LogP contribution in [0.25, 0.3) is 0 Å². The zero-order chi connectivity index (χ0) is 13.5. The number of rotatable bonds is 6. The Hall–Kier alpha value is -2.04. The van der Waals surface area contributed by atoms with Gasteiger partial charge in [-0.3, -0.25) is 9.59 Å². The zero-order valence-electron chi connectivity index (χ0n) is 10.7. The summed E-state index contributed by atoms with van der Waals surface area (Å²) in [6.07, 6.45) is 0.195. The first-order valence-corrected chi connectivity index (χ1v) is 5.74. The molecule has 18 heavy (non-hydrogen) atoms. The Balaban J connectivity index is 2.33. The molecule has 0 atom stereocenters. The number of primary amides is 1. The largest absolute Gasteiger partial charge is 0.493 e. The van der Waals surface area contributed by atoms with Gasteiger partial charge in [0.1, 0.15) is 5.75 Å². The minimum absolute atomic E-state index is 0.137. The van der Waals surface area contributed by atoms with Gasteiger partial charge in [0.25, 0.3) is 0 Å². The van der Waals surface area contributed by atoms with Crippen molar-refractivity contribution in [3.05, 3.63) is 29.3 Å². The molecule has 0 radical (unpaired) electrons. The lowest BCUT2D eigenvalue weighted by molar-refractivity contribution is -0.125. The van der Waals surface area contributed by atoms with Gasteiger partial charge in [-0.2, -0.15) is 0 Å². The molecule has 0 unspecified atom stereocenters. The van der Waals surface area contributed by atoms with Crippen molar-refractivity contribution in [1.29, 1.82) is 0 Å². The molecule has 0 heterocycles. The molecule has 1 aromatic carbocycles. The van der Waals surface area contributed by atoms with E-state index >= 15 is 0 Å². The van der Waals surface area contributed by atoms with Crippen LogP contribution in [0.3, 0.4) is 0 Å². The van der Waals surface area contributed by atoms with Crippen molar-refractivity contribution in [2.75, 3.05) is 13.2 Å². The number of carbonyl (C=O) groups excluding carboxylic acids is 2. The number of hydrogen-bond acceptors (Lipinski definition) is 3. The molecule has 0 fully saturated rings. The third-order valence-corrected chi connectivity index (χ3v) is 2.38. The van der Waals surface area contributed by atoms with Crippen LogP contribution in [-0.2, 0) is 9.59 Å². The molecule has 0 spiro atoms. The van der Waals surface area contributed by atoms with E-state index < -0.39 is 5.91 Å². The molecule has 3 N–H and O–H groups in total. The third kappa shape index (κ3) is 4.86. The van der Waals surface area contributed by atoms with Gasteiger partial charge in [0, 0.05) is 0 Å². The second-order valence-corrected chi connectivity index (χ2v) is 4.11. The highest BCUT2D eigenvalue weighted by Crippen LogP contribution is 2.18. The first-order valence-electron chi connectivity index (χ1n) is 5.74. The van der Waals surface area contributed by atoms with Crippen molar-refractivity contribution in [3.63, 3.8) is 0 Å². The number of ether oxygens (including phenoxy) is 1. The summed E-state index contributed by atoms with van der Waals surface area (Å²) in [6.45, 7) is 4.10. The van der Waals surface area contributed by atoms with Crippen molar-refractivity contribution >= 4 is 11.8 Å². The lowest BCUT2D eigenvalue weighted by atomic mass is 10.1. The smallest absolute Gasteiger partial charge is 0.236 e. The van der Waals surface area contributed by atoms with Crippen LogP contribution in [0.4, 0.5) is 0 Å². The summed E-state index contributed by atoms with van der Waals surface area (Å²) >= 11 is 0. The summed E-state index contributed by atoms with van der Waals surface area (Å²) in [6, 6.07) is 5.85. The monoisotopic (exact) mass is 250 g/mol. The zero-order valence-corrected chi connectivity index (χ0v) is 10.7. The lowest BCUT2D eigenvalue weighted by Crippen LogP contribution is -2.33. The normalized spacial score (nSPS) is 9.89. The van der Waals surface area contributed by atoms with Gasteiger partial charge < -0.3 is 15.8 Å². The van der Waals surface area contributed by atoms with E-state index in [1.807, 2.05) is 32.0 Å². The van der Waals surface area contributed by atoms with Crippen molar-refractivity contribution in [2.45, 2.75) is 20.3 Å². The second-order valence-electron chi connectivity index (χ2n) is 4.11. The van der Waals surface area contributed by atoms with E-state index in [-0.39, 0.29) is 25.5 Å². The molecule has 1 rings (SSSR count). The quantitative estimate of drug-likeness (QED) is 0.778. The molecule has 0 saturated heterocycles. The van der Waals surface area contributed by atoms with Crippen LogP contribution in [0.2, 0.25) is 0 Å². The molecule has 0 aliphatic heterocycles. The predicted octanol–water partition coefficient (Wildman–Crippen LogP) is 0.674. The van der Waals surface area contributed by atoms with Gasteiger partial charge >= 0.3 is 0 Å². The van der Waals surface area contributed by atoms with Crippen LogP contribution >= 0.6 is 0 Å². The molecule has 5 nitrogen and oxygen atoms in total. The average molecular weight is 250 g/mol. The van der Waals surface area contributed by atoms with Gasteiger partial charge in [-0.1, -0.05) is 17.7 Å². The summed E-state index contributed by atoms with van der Waals surface area (Å²) in [7, 11) is 0. The van der Waals surface area contributed by atoms with Crippen LogP contribution in [0.1, 0.15) is 17.5 Å². The van der Waals surface area contributed by atoms with Crippen molar-refractivity contribution in [2.24, 2.45) is 5.73 Å². The van der Waals surface area contributed by atoms with Crippen LogP contribution in [0.15, 0.2) is 18.2 Å². The van der Waals surface area contributed by atoms with Gasteiger partial charge in [0.2, 0.25) is 11.8 Å². The molecule has 0 saturated carbocycles. The fraction of sp³-hybridized carbons (Fsp3) is 0.385. The number of nitrogens with one attached hydrogen (secondary N) is 1. The number of aryl methyl sites for hydroxylation is 2. The SMILES string of the molecule is Cc1ccc(OCCC(=O)NCC(N)=O)c(C)c1. The number of hydrogen-bond donors (Lipinski definition) is 2. The van der Waals surface area contributed by atoms with Crippen molar-refractivity contribution in [1.82, 2.24) is 5.32 Å². The maximum atomic E-state index is 11.3. The highest BCUT2D eigenvalue weighted by Gasteiger charge is 2.04. The van der Waals surface area contributed by atoms with Crippen LogP contribution in [0, 0.1) is 13.8 Å². The maximum Gasteiger partial charge on any atom is 0.236 e. The molecule has 0 aliphatic rings. The minimum atomic E-state index is -0.557. The molecule has 1 aromatic rings. The Morgan fingerprint density at radius 1 is 1.33 bits per heavy atom. The Kier molecular flexibility index (Phi) is 5.17. The summed E-state index contributed by atoms with van der Waals surface area (Å²) in [5.74, 6) is -0.0412. The minimum Gasteiger partial charge on any atom is -0.493 e. The summed E-state index contributed by atoms with van der Waals surface area (Å²) < 4.78 is 5.49. The fourth-order valence-corrected chi connectivity index (χ4v) is 1.49. The predicted molar refractivity (Wildman–Crippen MR) is 68.2 cm³/mol.